The summed E-state index contributed by atoms with van der Waals surface area (Å²) in [7, 11) is 2.01. The molecule has 0 saturated carbocycles. The van der Waals surface area contributed by atoms with E-state index in [-0.39, 0.29) is 0 Å². The third-order valence-electron chi connectivity index (χ3n) is 2.83. The highest BCUT2D eigenvalue weighted by atomic mass is 32.1. The lowest BCUT2D eigenvalue weighted by Crippen LogP contribution is -2.22. The van der Waals surface area contributed by atoms with E-state index in [1.54, 1.807) is 17.6 Å². The van der Waals surface area contributed by atoms with Crippen LogP contribution in [0.25, 0.3) is 0 Å². The van der Waals surface area contributed by atoms with Gasteiger partial charge in [0.25, 0.3) is 6.01 Å². The molecule has 0 amide bonds. The summed E-state index contributed by atoms with van der Waals surface area (Å²) in [5, 5.41) is 5.44. The van der Waals surface area contributed by atoms with Crippen molar-refractivity contribution < 1.29 is 4.42 Å². The number of nitrogens with one attached hydrogen (secondary N) is 1. The Morgan fingerprint density at radius 3 is 3.00 bits per heavy atom. The zero-order chi connectivity index (χ0) is 13.7. The number of nitrogens with zero attached hydrogens (tertiary/aromatic N) is 2. The first-order chi connectivity index (χ1) is 9.15. The van der Waals surface area contributed by atoms with Gasteiger partial charge in [0.2, 0.25) is 0 Å². The fourth-order valence-electron chi connectivity index (χ4n) is 1.69. The molecule has 2 aromatic rings. The number of hydrogen-bond acceptors (Lipinski definition) is 5. The normalized spacial score (nSPS) is 11.2. The smallest absolute Gasteiger partial charge is 0.297 e. The second-order valence-corrected chi connectivity index (χ2v) is 5.94. The van der Waals surface area contributed by atoms with Crippen LogP contribution in [0.15, 0.2) is 28.2 Å². The van der Waals surface area contributed by atoms with Crippen molar-refractivity contribution in [2.75, 3.05) is 18.5 Å². The zero-order valence-electron chi connectivity index (χ0n) is 11.7. The van der Waals surface area contributed by atoms with E-state index in [2.05, 4.69) is 46.6 Å². The minimum absolute atomic E-state index is 0.455. The Morgan fingerprint density at radius 1 is 1.47 bits per heavy atom. The topological polar surface area (TPSA) is 41.3 Å². The molecule has 2 heterocycles. The van der Waals surface area contributed by atoms with Gasteiger partial charge in [0.1, 0.15) is 6.26 Å². The number of anilines is 1. The van der Waals surface area contributed by atoms with E-state index < -0.39 is 0 Å². The molecule has 0 aliphatic carbocycles. The minimum Gasteiger partial charge on any atom is -0.432 e. The van der Waals surface area contributed by atoms with Crippen molar-refractivity contribution in [3.63, 3.8) is 0 Å². The molecule has 0 saturated heterocycles. The molecular formula is C14H21N3OS. The molecule has 0 fully saturated rings. The van der Waals surface area contributed by atoms with E-state index in [4.69, 9.17) is 4.42 Å². The van der Waals surface area contributed by atoms with Gasteiger partial charge in [0, 0.05) is 31.1 Å². The van der Waals surface area contributed by atoms with Crippen LogP contribution < -0.4 is 10.2 Å². The maximum atomic E-state index is 5.51. The van der Waals surface area contributed by atoms with Gasteiger partial charge in [0.05, 0.1) is 5.69 Å². The number of aromatic nitrogens is 1. The molecule has 5 heteroatoms. The van der Waals surface area contributed by atoms with Crippen LogP contribution in [-0.4, -0.2) is 24.6 Å². The largest absolute Gasteiger partial charge is 0.432 e. The summed E-state index contributed by atoms with van der Waals surface area (Å²) in [6.07, 6.45) is 2.75. The molecule has 0 aromatic carbocycles. The average Bonchev–Trinajstić information content (AvgIpc) is 3.04. The molecular weight excluding hydrogens is 258 g/mol. The summed E-state index contributed by atoms with van der Waals surface area (Å²) in [5.74, 6) is 0. The summed E-state index contributed by atoms with van der Waals surface area (Å²) in [4.78, 5) is 7.93. The number of thiophene rings is 1. The Kier molecular flexibility index (Phi) is 4.99. The van der Waals surface area contributed by atoms with Crippen molar-refractivity contribution in [3.8, 4) is 0 Å². The van der Waals surface area contributed by atoms with Gasteiger partial charge >= 0.3 is 0 Å². The van der Waals surface area contributed by atoms with Crippen LogP contribution in [0.2, 0.25) is 0 Å². The molecule has 0 bridgehead atoms. The van der Waals surface area contributed by atoms with Crippen molar-refractivity contribution in [1.29, 1.82) is 0 Å². The molecule has 2 rings (SSSR count). The Hall–Kier alpha value is -1.33. The first-order valence-electron chi connectivity index (χ1n) is 6.56. The number of hydrogen-bond donors (Lipinski definition) is 1. The third kappa shape index (κ3) is 4.36. The van der Waals surface area contributed by atoms with Crippen LogP contribution in [0, 0.1) is 0 Å². The lowest BCUT2D eigenvalue weighted by Gasteiger charge is -2.13. The maximum absolute atomic E-state index is 5.51. The van der Waals surface area contributed by atoms with Gasteiger partial charge in [-0.25, -0.2) is 0 Å². The quantitative estimate of drug-likeness (QED) is 0.846. The molecule has 0 unspecified atom stereocenters. The minimum atomic E-state index is 0.455. The molecule has 0 atom stereocenters. The van der Waals surface area contributed by atoms with Crippen LogP contribution >= 0.6 is 11.3 Å². The van der Waals surface area contributed by atoms with Gasteiger partial charge in [-0.1, -0.05) is 19.9 Å². The zero-order valence-corrected chi connectivity index (χ0v) is 12.5. The Bertz CT molecular complexity index is 479. The fraction of sp³-hybridized carbons (Fsp3) is 0.500. The fourth-order valence-corrected chi connectivity index (χ4v) is 2.39. The summed E-state index contributed by atoms with van der Waals surface area (Å²) in [6.45, 7) is 5.90. The standard InChI is InChI=1S/C14H21N3OS/c1-11(2)15-9-12-10-18-14(16-12)17(3)7-6-13-5-4-8-19-13/h4-5,8,10-11,15H,6-7,9H2,1-3H3. The molecule has 19 heavy (non-hydrogen) atoms. The first-order valence-corrected chi connectivity index (χ1v) is 7.44. The first kappa shape index (κ1) is 14.1. The van der Waals surface area contributed by atoms with Gasteiger partial charge in [-0.3, -0.25) is 0 Å². The van der Waals surface area contributed by atoms with E-state index in [1.807, 2.05) is 7.05 Å². The lowest BCUT2D eigenvalue weighted by molar-refractivity contribution is 0.540. The second kappa shape index (κ2) is 6.73. The average molecular weight is 279 g/mol. The predicted octanol–water partition coefficient (Wildman–Crippen LogP) is 2.91. The predicted molar refractivity (Wildman–Crippen MR) is 79.8 cm³/mol. The number of oxazole rings is 1. The van der Waals surface area contributed by atoms with Crippen molar-refractivity contribution in [3.05, 3.63) is 34.3 Å². The van der Waals surface area contributed by atoms with Gasteiger partial charge in [-0.05, 0) is 17.9 Å². The molecule has 0 aliphatic heterocycles. The van der Waals surface area contributed by atoms with Crippen LogP contribution in [0.3, 0.4) is 0 Å². The number of likely N-dealkylation sites (N-methyl/N-ethyl adjacent to an activating group) is 1. The third-order valence-corrected chi connectivity index (χ3v) is 3.77. The second-order valence-electron chi connectivity index (χ2n) is 4.91. The molecule has 0 radical (unpaired) electrons. The van der Waals surface area contributed by atoms with E-state index in [9.17, 15) is 0 Å². The van der Waals surface area contributed by atoms with Crippen molar-refractivity contribution in [2.24, 2.45) is 0 Å². The van der Waals surface area contributed by atoms with Crippen LogP contribution in [0.4, 0.5) is 6.01 Å². The summed E-state index contributed by atoms with van der Waals surface area (Å²) < 4.78 is 5.51. The SMILES string of the molecule is CC(C)NCc1coc(N(C)CCc2cccs2)n1. The van der Waals surface area contributed by atoms with E-state index in [1.165, 1.54) is 4.88 Å². The molecule has 2 aromatic heterocycles. The number of rotatable bonds is 7. The molecule has 104 valence electrons. The van der Waals surface area contributed by atoms with Crippen molar-refractivity contribution in [2.45, 2.75) is 32.9 Å². The summed E-state index contributed by atoms with van der Waals surface area (Å²) in [5.41, 5.74) is 0.951. The van der Waals surface area contributed by atoms with Gasteiger partial charge in [-0.2, -0.15) is 4.98 Å². The van der Waals surface area contributed by atoms with Crippen LogP contribution in [-0.2, 0) is 13.0 Å². The van der Waals surface area contributed by atoms with Gasteiger partial charge in [0.15, 0.2) is 0 Å². The lowest BCUT2D eigenvalue weighted by atomic mass is 10.3. The van der Waals surface area contributed by atoms with E-state index in [0.29, 0.717) is 12.1 Å². The molecule has 1 N–H and O–H groups in total. The highest BCUT2D eigenvalue weighted by Gasteiger charge is 2.09. The highest BCUT2D eigenvalue weighted by Crippen LogP contribution is 2.14. The van der Waals surface area contributed by atoms with Crippen LogP contribution in [0.1, 0.15) is 24.4 Å². The summed E-state index contributed by atoms with van der Waals surface area (Å²) >= 11 is 1.79. The molecule has 0 spiro atoms. The van der Waals surface area contributed by atoms with E-state index >= 15 is 0 Å². The Balaban J connectivity index is 1.83. The maximum Gasteiger partial charge on any atom is 0.297 e. The van der Waals surface area contributed by atoms with Crippen molar-refractivity contribution >= 4 is 17.4 Å². The molecule has 4 nitrogen and oxygen atoms in total. The monoisotopic (exact) mass is 279 g/mol. The summed E-state index contributed by atoms with van der Waals surface area (Å²) in [6, 6.07) is 5.39. The van der Waals surface area contributed by atoms with Crippen molar-refractivity contribution in [1.82, 2.24) is 10.3 Å². The Morgan fingerprint density at radius 2 is 2.32 bits per heavy atom. The van der Waals surface area contributed by atoms with Crippen LogP contribution in [0.5, 0.6) is 0 Å². The molecule has 0 aliphatic rings. The van der Waals surface area contributed by atoms with Gasteiger partial charge in [-0.15, -0.1) is 11.3 Å². The van der Waals surface area contributed by atoms with E-state index in [0.717, 1.165) is 25.2 Å². The Labute approximate surface area is 118 Å². The van der Waals surface area contributed by atoms with Gasteiger partial charge < -0.3 is 14.6 Å². The highest BCUT2D eigenvalue weighted by molar-refractivity contribution is 7.09.